The fraction of sp³-hybridized carbons (Fsp3) is 0.762. The minimum atomic E-state index is -0.239. The van der Waals surface area contributed by atoms with Crippen molar-refractivity contribution in [1.29, 1.82) is 0 Å². The standard InChI is InChI=1S/C21H37N3O3/c1-4-6-7-8-9-10-11-12-13-14-21(26)24(15-5-2)17-20(25)22-19-16-18(3)27-23-19/h16H,4-15,17H2,1-3H3,(H,22,23,25). The van der Waals surface area contributed by atoms with E-state index >= 15 is 0 Å². The molecule has 0 spiro atoms. The van der Waals surface area contributed by atoms with Gasteiger partial charge < -0.3 is 14.7 Å². The molecule has 0 radical (unpaired) electrons. The van der Waals surface area contributed by atoms with Crippen molar-refractivity contribution in [2.75, 3.05) is 18.4 Å². The van der Waals surface area contributed by atoms with Crippen LogP contribution in [0.15, 0.2) is 10.6 Å². The van der Waals surface area contributed by atoms with Gasteiger partial charge in [0.2, 0.25) is 11.8 Å². The molecule has 154 valence electrons. The number of rotatable bonds is 15. The topological polar surface area (TPSA) is 75.4 Å². The first-order valence-corrected chi connectivity index (χ1v) is 10.6. The van der Waals surface area contributed by atoms with E-state index in [4.69, 9.17) is 4.52 Å². The molecule has 1 rings (SSSR count). The van der Waals surface area contributed by atoms with Gasteiger partial charge in [-0.2, -0.15) is 0 Å². The maximum absolute atomic E-state index is 12.4. The molecular formula is C21H37N3O3. The summed E-state index contributed by atoms with van der Waals surface area (Å²) in [6.45, 7) is 6.67. The zero-order chi connectivity index (χ0) is 19.9. The molecule has 0 saturated carbocycles. The maximum atomic E-state index is 12.4. The zero-order valence-corrected chi connectivity index (χ0v) is 17.4. The molecule has 0 aromatic carbocycles. The van der Waals surface area contributed by atoms with E-state index in [1.165, 1.54) is 44.9 Å². The Hall–Kier alpha value is -1.85. The molecule has 0 bridgehead atoms. The Labute approximate surface area is 164 Å². The lowest BCUT2D eigenvalue weighted by Gasteiger charge is -2.21. The molecule has 0 saturated heterocycles. The van der Waals surface area contributed by atoms with Crippen LogP contribution in [0.5, 0.6) is 0 Å². The van der Waals surface area contributed by atoms with Gasteiger partial charge in [0.25, 0.3) is 0 Å². The Morgan fingerprint density at radius 3 is 2.19 bits per heavy atom. The number of aromatic nitrogens is 1. The average Bonchev–Trinajstić information content (AvgIpc) is 3.04. The SMILES string of the molecule is CCCCCCCCCCCC(=O)N(CCC)CC(=O)Nc1cc(C)on1. The second-order valence-corrected chi connectivity index (χ2v) is 7.26. The highest BCUT2D eigenvalue weighted by Gasteiger charge is 2.17. The van der Waals surface area contributed by atoms with Crippen molar-refractivity contribution in [3.8, 4) is 0 Å². The number of hydrogen-bond donors (Lipinski definition) is 1. The smallest absolute Gasteiger partial charge is 0.245 e. The van der Waals surface area contributed by atoms with Gasteiger partial charge >= 0.3 is 0 Å². The minimum absolute atomic E-state index is 0.0614. The van der Waals surface area contributed by atoms with Crippen LogP contribution in [0.2, 0.25) is 0 Å². The zero-order valence-electron chi connectivity index (χ0n) is 17.4. The molecule has 1 aromatic rings. The summed E-state index contributed by atoms with van der Waals surface area (Å²) in [5.41, 5.74) is 0. The van der Waals surface area contributed by atoms with E-state index in [9.17, 15) is 9.59 Å². The maximum Gasteiger partial charge on any atom is 0.245 e. The third-order valence-electron chi connectivity index (χ3n) is 4.57. The molecule has 0 aliphatic heterocycles. The predicted octanol–water partition coefficient (Wildman–Crippen LogP) is 5.08. The Balaban J connectivity index is 2.22. The van der Waals surface area contributed by atoms with Gasteiger partial charge in [-0.05, 0) is 19.8 Å². The van der Waals surface area contributed by atoms with E-state index in [2.05, 4.69) is 17.4 Å². The third-order valence-corrected chi connectivity index (χ3v) is 4.57. The van der Waals surface area contributed by atoms with E-state index in [1.807, 2.05) is 6.92 Å². The molecule has 0 unspecified atom stereocenters. The van der Waals surface area contributed by atoms with Gasteiger partial charge in [-0.1, -0.05) is 70.4 Å². The largest absolute Gasteiger partial charge is 0.360 e. The van der Waals surface area contributed by atoms with Crippen LogP contribution >= 0.6 is 0 Å². The summed E-state index contributed by atoms with van der Waals surface area (Å²) >= 11 is 0. The van der Waals surface area contributed by atoms with Gasteiger partial charge in [-0.25, -0.2) is 0 Å². The van der Waals surface area contributed by atoms with E-state index in [0.29, 0.717) is 24.5 Å². The van der Waals surface area contributed by atoms with Crippen molar-refractivity contribution < 1.29 is 14.1 Å². The predicted molar refractivity (Wildman–Crippen MR) is 109 cm³/mol. The van der Waals surface area contributed by atoms with Crippen molar-refractivity contribution in [2.45, 2.75) is 91.4 Å². The van der Waals surface area contributed by atoms with Crippen LogP contribution in [0.1, 0.15) is 90.2 Å². The summed E-state index contributed by atoms with van der Waals surface area (Å²) in [6, 6.07) is 1.66. The van der Waals surface area contributed by atoms with Crippen LogP contribution in [0.3, 0.4) is 0 Å². The molecule has 2 amide bonds. The first-order valence-electron chi connectivity index (χ1n) is 10.6. The van der Waals surface area contributed by atoms with Gasteiger partial charge in [0, 0.05) is 19.0 Å². The molecule has 0 atom stereocenters. The van der Waals surface area contributed by atoms with Crippen molar-refractivity contribution in [3.63, 3.8) is 0 Å². The fourth-order valence-electron chi connectivity index (χ4n) is 3.09. The monoisotopic (exact) mass is 379 g/mol. The van der Waals surface area contributed by atoms with Crippen molar-refractivity contribution in [3.05, 3.63) is 11.8 Å². The van der Waals surface area contributed by atoms with Gasteiger partial charge in [0.15, 0.2) is 5.82 Å². The summed E-state index contributed by atoms with van der Waals surface area (Å²) in [6.07, 6.45) is 12.4. The van der Waals surface area contributed by atoms with Crippen molar-refractivity contribution in [2.24, 2.45) is 0 Å². The number of aryl methyl sites for hydroxylation is 1. The van der Waals surface area contributed by atoms with Gasteiger partial charge in [0.05, 0.1) is 6.54 Å². The number of carbonyl (C=O) groups is 2. The lowest BCUT2D eigenvalue weighted by atomic mass is 10.1. The highest BCUT2D eigenvalue weighted by molar-refractivity contribution is 5.93. The Morgan fingerprint density at radius 2 is 1.63 bits per heavy atom. The van der Waals surface area contributed by atoms with Crippen LogP contribution < -0.4 is 5.32 Å². The lowest BCUT2D eigenvalue weighted by Crippen LogP contribution is -2.38. The van der Waals surface area contributed by atoms with Crippen LogP contribution in [-0.2, 0) is 9.59 Å². The number of carbonyl (C=O) groups excluding carboxylic acids is 2. The highest BCUT2D eigenvalue weighted by atomic mass is 16.5. The molecular weight excluding hydrogens is 342 g/mol. The highest BCUT2D eigenvalue weighted by Crippen LogP contribution is 2.12. The Morgan fingerprint density at radius 1 is 1.00 bits per heavy atom. The number of hydrogen-bond acceptors (Lipinski definition) is 4. The van der Waals surface area contributed by atoms with Crippen LogP contribution in [0.25, 0.3) is 0 Å². The molecule has 0 fully saturated rings. The summed E-state index contributed by atoms with van der Waals surface area (Å²) in [4.78, 5) is 26.2. The first-order chi connectivity index (χ1) is 13.1. The summed E-state index contributed by atoms with van der Waals surface area (Å²) in [5.74, 6) is 0.848. The molecule has 27 heavy (non-hydrogen) atoms. The molecule has 6 nitrogen and oxygen atoms in total. The minimum Gasteiger partial charge on any atom is -0.360 e. The Bertz CT molecular complexity index is 543. The molecule has 6 heteroatoms. The molecule has 1 N–H and O–H groups in total. The molecule has 1 aromatic heterocycles. The van der Waals surface area contributed by atoms with Crippen LogP contribution in [0.4, 0.5) is 5.82 Å². The molecule has 0 aliphatic carbocycles. The number of nitrogens with one attached hydrogen (secondary N) is 1. The average molecular weight is 380 g/mol. The van der Waals surface area contributed by atoms with Crippen molar-refractivity contribution >= 4 is 17.6 Å². The van der Waals surface area contributed by atoms with E-state index in [1.54, 1.807) is 17.9 Å². The molecule has 0 aliphatic rings. The first kappa shape index (κ1) is 23.2. The van der Waals surface area contributed by atoms with Gasteiger partial charge in [0.1, 0.15) is 5.76 Å². The summed E-state index contributed by atoms with van der Waals surface area (Å²) < 4.78 is 4.93. The Kier molecular flexibility index (Phi) is 12.2. The van der Waals surface area contributed by atoms with Gasteiger partial charge in [-0.15, -0.1) is 0 Å². The van der Waals surface area contributed by atoms with E-state index < -0.39 is 0 Å². The van der Waals surface area contributed by atoms with Crippen molar-refractivity contribution in [1.82, 2.24) is 10.1 Å². The number of unbranched alkanes of at least 4 members (excludes halogenated alkanes) is 8. The lowest BCUT2D eigenvalue weighted by molar-refractivity contribution is -0.134. The van der Waals surface area contributed by atoms with Gasteiger partial charge in [-0.3, -0.25) is 9.59 Å². The van der Waals surface area contributed by atoms with Crippen LogP contribution in [0, 0.1) is 6.92 Å². The second kappa shape index (κ2) is 14.2. The van der Waals surface area contributed by atoms with E-state index in [0.717, 1.165) is 19.3 Å². The number of nitrogens with zero attached hydrogens (tertiary/aromatic N) is 2. The molecule has 1 heterocycles. The summed E-state index contributed by atoms with van der Waals surface area (Å²) in [5, 5.41) is 6.42. The normalized spacial score (nSPS) is 10.8. The fourth-order valence-corrected chi connectivity index (χ4v) is 3.09. The second-order valence-electron chi connectivity index (χ2n) is 7.26. The quantitative estimate of drug-likeness (QED) is 0.431. The third kappa shape index (κ3) is 10.8. The van der Waals surface area contributed by atoms with Crippen LogP contribution in [-0.4, -0.2) is 35.0 Å². The summed E-state index contributed by atoms with van der Waals surface area (Å²) in [7, 11) is 0. The number of amides is 2. The number of anilines is 1. The van der Waals surface area contributed by atoms with E-state index in [-0.39, 0.29) is 18.4 Å².